The van der Waals surface area contributed by atoms with Gasteiger partial charge in [-0.1, -0.05) is 19.4 Å². The number of likely N-dealkylation sites (tertiary alicyclic amines) is 1. The number of nitrogens with zero attached hydrogens (tertiary/aromatic N) is 1. The van der Waals surface area contributed by atoms with Crippen molar-refractivity contribution in [2.24, 2.45) is 0 Å². The summed E-state index contributed by atoms with van der Waals surface area (Å²) in [7, 11) is 0. The first kappa shape index (κ1) is 20.2. The van der Waals surface area contributed by atoms with Crippen molar-refractivity contribution in [3.8, 4) is 11.5 Å². The minimum atomic E-state index is -0.223. The first-order valence-corrected chi connectivity index (χ1v) is 11.7. The van der Waals surface area contributed by atoms with Crippen LogP contribution in [0, 0.1) is 0 Å². The van der Waals surface area contributed by atoms with E-state index < -0.39 is 0 Å². The molecule has 4 heterocycles. The molecule has 5 rings (SSSR count). The van der Waals surface area contributed by atoms with E-state index in [1.807, 2.05) is 6.07 Å². The lowest BCUT2D eigenvalue weighted by molar-refractivity contribution is 0.0996. The molecule has 1 saturated heterocycles. The van der Waals surface area contributed by atoms with Crippen molar-refractivity contribution in [2.45, 2.75) is 38.6 Å². The molecule has 1 amide bonds. The number of furan rings is 1. The number of thiophene rings is 1. The average molecular weight is 439 g/mol. The van der Waals surface area contributed by atoms with E-state index in [2.05, 4.69) is 35.3 Å². The lowest BCUT2D eigenvalue weighted by atomic mass is 9.95. The molecule has 1 aromatic carbocycles. The molecule has 3 aromatic rings. The van der Waals surface area contributed by atoms with Gasteiger partial charge in [-0.2, -0.15) is 0 Å². The molecule has 162 valence electrons. The Balaban J connectivity index is 1.55. The molecule has 6 nitrogen and oxygen atoms in total. The van der Waals surface area contributed by atoms with Gasteiger partial charge in [0.1, 0.15) is 5.00 Å². The Morgan fingerprint density at radius 1 is 1.13 bits per heavy atom. The Hall–Kier alpha value is -2.77. The van der Waals surface area contributed by atoms with Crippen LogP contribution in [0.1, 0.15) is 58.8 Å². The van der Waals surface area contributed by atoms with Crippen LogP contribution in [-0.2, 0) is 6.42 Å². The molecule has 0 bridgehead atoms. The first-order chi connectivity index (χ1) is 15.2. The molecule has 7 heteroatoms. The topological polar surface area (TPSA) is 63.9 Å². The predicted molar refractivity (Wildman–Crippen MR) is 120 cm³/mol. The molecule has 31 heavy (non-hydrogen) atoms. The summed E-state index contributed by atoms with van der Waals surface area (Å²) in [5.41, 5.74) is 2.28. The summed E-state index contributed by atoms with van der Waals surface area (Å²) in [4.78, 5) is 16.5. The van der Waals surface area contributed by atoms with Crippen LogP contribution in [0.4, 0.5) is 5.00 Å². The molecule has 1 atom stereocenters. The van der Waals surface area contributed by atoms with Crippen LogP contribution in [0.15, 0.2) is 47.1 Å². The van der Waals surface area contributed by atoms with Crippen molar-refractivity contribution < 1.29 is 18.7 Å². The van der Waals surface area contributed by atoms with Gasteiger partial charge in [0.05, 0.1) is 12.3 Å². The fourth-order valence-electron chi connectivity index (χ4n) is 4.35. The Morgan fingerprint density at radius 2 is 1.97 bits per heavy atom. The highest BCUT2D eigenvalue weighted by atomic mass is 32.1. The molecular weight excluding hydrogens is 412 g/mol. The zero-order valence-corrected chi connectivity index (χ0v) is 18.4. The minimum Gasteiger partial charge on any atom is -0.459 e. The molecule has 1 N–H and O–H groups in total. The molecule has 0 radical (unpaired) electrons. The summed E-state index contributed by atoms with van der Waals surface area (Å²) < 4.78 is 16.5. The molecule has 0 unspecified atom stereocenters. The quantitative estimate of drug-likeness (QED) is 0.554. The summed E-state index contributed by atoms with van der Waals surface area (Å²) in [6, 6.07) is 11.9. The van der Waals surface area contributed by atoms with Crippen LogP contribution in [0.3, 0.4) is 0 Å². The predicted octanol–water partition coefficient (Wildman–Crippen LogP) is 5.46. The van der Waals surface area contributed by atoms with Crippen molar-refractivity contribution in [2.75, 3.05) is 25.2 Å². The van der Waals surface area contributed by atoms with Gasteiger partial charge in [-0.25, -0.2) is 0 Å². The maximum atomic E-state index is 12.8. The third kappa shape index (κ3) is 4.07. The van der Waals surface area contributed by atoms with Gasteiger partial charge in [0.2, 0.25) is 6.79 Å². The summed E-state index contributed by atoms with van der Waals surface area (Å²) in [5, 5.41) is 3.99. The van der Waals surface area contributed by atoms with Crippen LogP contribution >= 0.6 is 11.3 Å². The van der Waals surface area contributed by atoms with Gasteiger partial charge in [0.15, 0.2) is 17.3 Å². The van der Waals surface area contributed by atoms with Crippen molar-refractivity contribution in [3.63, 3.8) is 0 Å². The van der Waals surface area contributed by atoms with E-state index in [-0.39, 0.29) is 18.7 Å². The molecule has 1 fully saturated rings. The van der Waals surface area contributed by atoms with Gasteiger partial charge in [-0.05, 0) is 68.2 Å². The number of anilines is 1. The van der Waals surface area contributed by atoms with Crippen LogP contribution in [-0.4, -0.2) is 30.7 Å². The first-order valence-electron chi connectivity index (χ1n) is 10.8. The molecule has 2 aliphatic heterocycles. The second kappa shape index (κ2) is 8.77. The third-order valence-electron chi connectivity index (χ3n) is 5.90. The second-order valence-corrected chi connectivity index (χ2v) is 9.03. The highest BCUT2D eigenvalue weighted by Crippen LogP contribution is 2.43. The van der Waals surface area contributed by atoms with Crippen LogP contribution in [0.25, 0.3) is 0 Å². The SMILES string of the molecule is CCc1cc([C@H](c2ccc3c(c2)OCO3)N2CCCCC2)c(NC(=O)c2ccco2)s1. The fraction of sp³-hybridized carbons (Fsp3) is 0.375. The average Bonchev–Trinajstić information content (AvgIpc) is 3.56. The van der Waals surface area contributed by atoms with Crippen molar-refractivity contribution in [1.29, 1.82) is 0 Å². The summed E-state index contributed by atoms with van der Waals surface area (Å²) in [6.45, 7) is 4.46. The zero-order chi connectivity index (χ0) is 21.2. The molecular formula is C24H26N2O4S. The van der Waals surface area contributed by atoms with Gasteiger partial charge < -0.3 is 19.2 Å². The van der Waals surface area contributed by atoms with Crippen LogP contribution in [0.2, 0.25) is 0 Å². The number of nitrogens with one attached hydrogen (secondary N) is 1. The highest BCUT2D eigenvalue weighted by molar-refractivity contribution is 7.16. The zero-order valence-electron chi connectivity index (χ0n) is 17.6. The number of fused-ring (bicyclic) bond motifs is 1. The van der Waals surface area contributed by atoms with E-state index in [1.54, 1.807) is 23.5 Å². The number of amides is 1. The summed E-state index contributed by atoms with van der Waals surface area (Å²) in [6.07, 6.45) is 6.06. The molecule has 2 aromatic heterocycles. The number of piperidine rings is 1. The number of aryl methyl sites for hydroxylation is 1. The number of rotatable bonds is 6. The Bertz CT molecular complexity index is 1050. The Morgan fingerprint density at radius 3 is 2.74 bits per heavy atom. The van der Waals surface area contributed by atoms with E-state index >= 15 is 0 Å². The number of hydrogen-bond acceptors (Lipinski definition) is 6. The molecule has 0 spiro atoms. The van der Waals surface area contributed by atoms with Crippen molar-refractivity contribution in [3.05, 3.63) is 64.4 Å². The number of benzene rings is 1. The van der Waals surface area contributed by atoms with Crippen molar-refractivity contribution >= 4 is 22.2 Å². The van der Waals surface area contributed by atoms with E-state index in [4.69, 9.17) is 13.9 Å². The fourth-order valence-corrected chi connectivity index (χ4v) is 5.38. The number of carbonyl (C=O) groups is 1. The lowest BCUT2D eigenvalue weighted by Gasteiger charge is -2.35. The third-order valence-corrected chi connectivity index (χ3v) is 7.11. The van der Waals surface area contributed by atoms with Crippen LogP contribution < -0.4 is 14.8 Å². The van der Waals surface area contributed by atoms with E-state index in [9.17, 15) is 4.79 Å². The highest BCUT2D eigenvalue weighted by Gasteiger charge is 2.30. The molecule has 2 aliphatic rings. The molecule has 0 aliphatic carbocycles. The summed E-state index contributed by atoms with van der Waals surface area (Å²) >= 11 is 1.64. The maximum Gasteiger partial charge on any atom is 0.291 e. The standard InChI is InChI=1S/C24H26N2O4S/c1-2-17-14-18(24(31-17)25-23(27)20-7-6-12-28-20)22(26-10-4-3-5-11-26)16-8-9-19-21(13-16)30-15-29-19/h6-9,12-14,22H,2-5,10-11,15H2,1H3,(H,25,27)/t22-/m0/s1. The molecule has 0 saturated carbocycles. The minimum absolute atomic E-state index is 0.0400. The van der Waals surface area contributed by atoms with E-state index in [0.717, 1.165) is 47.1 Å². The smallest absolute Gasteiger partial charge is 0.291 e. The normalized spacial score (nSPS) is 16.9. The number of carbonyl (C=O) groups excluding carboxylic acids is 1. The Labute approximate surface area is 185 Å². The van der Waals surface area contributed by atoms with Gasteiger partial charge in [0.25, 0.3) is 5.91 Å². The van der Waals surface area contributed by atoms with Gasteiger partial charge >= 0.3 is 0 Å². The van der Waals surface area contributed by atoms with Gasteiger partial charge in [-0.15, -0.1) is 11.3 Å². The second-order valence-electron chi connectivity index (χ2n) is 7.89. The lowest BCUT2D eigenvalue weighted by Crippen LogP contribution is -2.34. The maximum absolute atomic E-state index is 12.8. The van der Waals surface area contributed by atoms with E-state index in [0.29, 0.717) is 5.76 Å². The van der Waals surface area contributed by atoms with Crippen LogP contribution in [0.5, 0.6) is 11.5 Å². The number of hydrogen-bond donors (Lipinski definition) is 1. The summed E-state index contributed by atoms with van der Waals surface area (Å²) in [5.74, 6) is 1.66. The monoisotopic (exact) mass is 438 g/mol. The van der Waals surface area contributed by atoms with Gasteiger partial charge in [0, 0.05) is 10.4 Å². The van der Waals surface area contributed by atoms with Crippen molar-refractivity contribution in [1.82, 2.24) is 4.90 Å². The largest absolute Gasteiger partial charge is 0.459 e. The Kier molecular flexibility index (Phi) is 5.70. The van der Waals surface area contributed by atoms with Gasteiger partial charge in [-0.3, -0.25) is 9.69 Å². The van der Waals surface area contributed by atoms with E-state index in [1.165, 1.54) is 30.4 Å². The number of ether oxygens (including phenoxy) is 2.